The summed E-state index contributed by atoms with van der Waals surface area (Å²) in [5, 5.41) is 7.64. The number of benzene rings is 2. The fraction of sp³-hybridized carbons (Fsp3) is 0.269. The highest BCUT2D eigenvalue weighted by Gasteiger charge is 2.23. The number of fused-ring (bicyclic) bond motifs is 1. The Kier molecular flexibility index (Phi) is 5.74. The van der Waals surface area contributed by atoms with Gasteiger partial charge in [0.2, 0.25) is 5.95 Å². The van der Waals surface area contributed by atoms with Crippen molar-refractivity contribution in [2.45, 2.75) is 32.7 Å². The summed E-state index contributed by atoms with van der Waals surface area (Å²) in [5.74, 6) is 1.22. The van der Waals surface area contributed by atoms with Gasteiger partial charge in [-0.15, -0.1) is 0 Å². The van der Waals surface area contributed by atoms with Crippen molar-refractivity contribution in [1.29, 1.82) is 0 Å². The van der Waals surface area contributed by atoms with Crippen LogP contribution < -0.4 is 15.9 Å². The van der Waals surface area contributed by atoms with Crippen LogP contribution in [0.1, 0.15) is 29.5 Å². The van der Waals surface area contributed by atoms with Gasteiger partial charge in [0.05, 0.1) is 0 Å². The summed E-state index contributed by atoms with van der Waals surface area (Å²) in [6, 6.07) is 14.4. The number of rotatable bonds is 7. The van der Waals surface area contributed by atoms with Crippen LogP contribution in [0.5, 0.6) is 0 Å². The van der Waals surface area contributed by atoms with Gasteiger partial charge in [0.15, 0.2) is 17.0 Å². The number of hydrogen-bond acceptors (Lipinski definition) is 6. The summed E-state index contributed by atoms with van der Waals surface area (Å²) in [4.78, 5) is 14.1. The van der Waals surface area contributed by atoms with Gasteiger partial charge in [-0.3, -0.25) is 4.57 Å². The van der Waals surface area contributed by atoms with E-state index in [4.69, 9.17) is 9.97 Å². The van der Waals surface area contributed by atoms with E-state index in [2.05, 4.69) is 53.7 Å². The van der Waals surface area contributed by atoms with E-state index in [0.717, 1.165) is 29.5 Å². The first-order valence-electron chi connectivity index (χ1n) is 11.5. The van der Waals surface area contributed by atoms with Gasteiger partial charge in [-0.1, -0.05) is 18.2 Å². The molecule has 1 fully saturated rings. The maximum absolute atomic E-state index is 12.4. The quantitative estimate of drug-likeness (QED) is 0.339. The van der Waals surface area contributed by atoms with E-state index >= 15 is 0 Å². The van der Waals surface area contributed by atoms with Gasteiger partial charge in [0.1, 0.15) is 13.5 Å². The van der Waals surface area contributed by atoms with Crippen LogP contribution in [-0.2, 0) is 4.57 Å². The summed E-state index contributed by atoms with van der Waals surface area (Å²) in [6.45, 7) is 7.78. The Hall–Kier alpha value is -3.44. The predicted octanol–water partition coefficient (Wildman–Crippen LogP) is 5.64. The van der Waals surface area contributed by atoms with Crippen molar-refractivity contribution < 1.29 is 4.57 Å². The molecule has 0 aliphatic heterocycles. The molecular weight excluding hydrogens is 443 g/mol. The molecule has 4 aromatic rings. The van der Waals surface area contributed by atoms with Crippen molar-refractivity contribution in [1.82, 2.24) is 19.5 Å². The number of anilines is 3. The average Bonchev–Trinajstić information content (AvgIpc) is 3.50. The largest absolute Gasteiger partial charge is 0.351 e. The number of nitrogens with one attached hydrogen (secondary N) is 2. The molecular formula is C26H29N6OP. The number of nitrogens with zero attached hydrogens (tertiary/aromatic N) is 4. The van der Waals surface area contributed by atoms with Gasteiger partial charge in [-0.05, 0) is 87.1 Å². The van der Waals surface area contributed by atoms with Gasteiger partial charge in [-0.2, -0.15) is 9.97 Å². The van der Waals surface area contributed by atoms with Crippen molar-refractivity contribution >= 4 is 53.3 Å². The second kappa shape index (κ2) is 8.73. The second-order valence-electron chi connectivity index (χ2n) is 9.28. The Morgan fingerprint density at radius 1 is 1.03 bits per heavy atom. The molecule has 0 bridgehead atoms. The van der Waals surface area contributed by atoms with Crippen LogP contribution >= 0.6 is 7.14 Å². The topological polar surface area (TPSA) is 84.7 Å². The summed E-state index contributed by atoms with van der Waals surface area (Å²) in [6.07, 6.45) is 8.12. The lowest BCUT2D eigenvalue weighted by Gasteiger charge is -2.11. The predicted molar refractivity (Wildman–Crippen MR) is 142 cm³/mol. The molecule has 0 saturated heterocycles. The zero-order chi connectivity index (χ0) is 23.9. The zero-order valence-electron chi connectivity index (χ0n) is 19.9. The molecule has 0 radical (unpaired) electrons. The monoisotopic (exact) mass is 472 g/mol. The minimum atomic E-state index is -2.30. The maximum Gasteiger partial charge on any atom is 0.227 e. The molecule has 174 valence electrons. The highest BCUT2D eigenvalue weighted by molar-refractivity contribution is 7.70. The van der Waals surface area contributed by atoms with Crippen LogP contribution in [0.4, 0.5) is 17.5 Å². The van der Waals surface area contributed by atoms with Crippen molar-refractivity contribution in [2.24, 2.45) is 0 Å². The molecule has 5 rings (SSSR count). The summed E-state index contributed by atoms with van der Waals surface area (Å²) >= 11 is 0. The first kappa shape index (κ1) is 22.4. The first-order valence-corrected chi connectivity index (χ1v) is 14.1. The molecule has 0 atom stereocenters. The number of aromatic nitrogens is 4. The SMILES string of the molecule is Cc1cccc(C)c1/C=C/n1cnc2c(Nc3ccc(P(C)(C)=O)cc3)nc(NC3CC3)nc21. The fourth-order valence-electron chi connectivity index (χ4n) is 3.87. The third-order valence-corrected chi connectivity index (χ3v) is 7.57. The van der Waals surface area contributed by atoms with Crippen molar-refractivity contribution in [3.05, 3.63) is 65.5 Å². The highest BCUT2D eigenvalue weighted by atomic mass is 31.2. The van der Waals surface area contributed by atoms with Crippen LogP contribution in [0.15, 0.2) is 48.8 Å². The normalized spacial score (nSPS) is 14.1. The van der Waals surface area contributed by atoms with Crippen LogP contribution in [0, 0.1) is 13.8 Å². The van der Waals surface area contributed by atoms with Gasteiger partial charge in [0.25, 0.3) is 0 Å². The standard InChI is InChI=1S/C26H29N6OP/c1-17-6-5-7-18(2)22(17)14-15-32-16-27-23-24(30-26(31-25(23)32)29-20-8-9-20)28-19-10-12-21(13-11-19)34(3,4)33/h5-7,10-16,20H,8-9H2,1-4H3,(H2,28,29,30,31)/b15-14+. The third kappa shape index (κ3) is 4.75. The van der Waals surface area contributed by atoms with Crippen LogP contribution in [0.3, 0.4) is 0 Å². The Morgan fingerprint density at radius 3 is 2.38 bits per heavy atom. The van der Waals surface area contributed by atoms with Crippen LogP contribution in [0.2, 0.25) is 0 Å². The second-order valence-corrected chi connectivity index (χ2v) is 12.5. The van der Waals surface area contributed by atoms with Gasteiger partial charge >= 0.3 is 0 Å². The zero-order valence-corrected chi connectivity index (χ0v) is 20.8. The highest BCUT2D eigenvalue weighted by Crippen LogP contribution is 2.35. The number of hydrogen-bond donors (Lipinski definition) is 2. The van der Waals surface area contributed by atoms with E-state index in [0.29, 0.717) is 23.3 Å². The van der Waals surface area contributed by atoms with Crippen LogP contribution in [-0.4, -0.2) is 38.9 Å². The van der Waals surface area contributed by atoms with E-state index in [1.54, 1.807) is 19.7 Å². The lowest BCUT2D eigenvalue weighted by atomic mass is 10.0. The van der Waals surface area contributed by atoms with E-state index in [-0.39, 0.29) is 0 Å². The molecule has 2 N–H and O–H groups in total. The Balaban J connectivity index is 1.52. The van der Waals surface area contributed by atoms with Crippen LogP contribution in [0.25, 0.3) is 23.4 Å². The minimum Gasteiger partial charge on any atom is -0.351 e. The molecule has 8 heteroatoms. The minimum absolute atomic E-state index is 0.425. The molecule has 0 amide bonds. The Morgan fingerprint density at radius 2 is 1.74 bits per heavy atom. The number of aryl methyl sites for hydroxylation is 2. The molecule has 0 unspecified atom stereocenters. The molecule has 2 aromatic carbocycles. The third-order valence-electron chi connectivity index (χ3n) is 6.03. The lowest BCUT2D eigenvalue weighted by molar-refractivity contribution is 0.588. The summed E-state index contributed by atoms with van der Waals surface area (Å²) in [5.41, 5.74) is 5.91. The number of imidazole rings is 1. The van der Waals surface area contributed by atoms with Gasteiger partial charge < -0.3 is 15.2 Å². The lowest BCUT2D eigenvalue weighted by Crippen LogP contribution is -2.08. The first-order chi connectivity index (χ1) is 16.3. The maximum atomic E-state index is 12.4. The molecule has 1 aliphatic carbocycles. The van der Waals surface area contributed by atoms with Crippen molar-refractivity contribution in [2.75, 3.05) is 24.0 Å². The average molecular weight is 473 g/mol. The molecule has 2 heterocycles. The summed E-state index contributed by atoms with van der Waals surface area (Å²) in [7, 11) is -2.30. The van der Waals surface area contributed by atoms with E-state index in [1.165, 1.54) is 16.7 Å². The van der Waals surface area contributed by atoms with E-state index < -0.39 is 7.14 Å². The van der Waals surface area contributed by atoms with Crippen molar-refractivity contribution in [3.63, 3.8) is 0 Å². The van der Waals surface area contributed by atoms with Crippen molar-refractivity contribution in [3.8, 4) is 0 Å². The molecule has 34 heavy (non-hydrogen) atoms. The summed E-state index contributed by atoms with van der Waals surface area (Å²) < 4.78 is 14.3. The molecule has 1 saturated carbocycles. The Bertz CT molecular complexity index is 1410. The Labute approximate surface area is 199 Å². The molecule has 7 nitrogen and oxygen atoms in total. The van der Waals surface area contributed by atoms with Gasteiger partial charge in [-0.25, -0.2) is 4.98 Å². The van der Waals surface area contributed by atoms with E-state index in [1.807, 2.05) is 35.0 Å². The van der Waals surface area contributed by atoms with Gasteiger partial charge in [0, 0.05) is 23.2 Å². The molecule has 1 aliphatic rings. The fourth-order valence-corrected chi connectivity index (χ4v) is 4.74. The smallest absolute Gasteiger partial charge is 0.227 e. The molecule has 0 spiro atoms. The molecule has 2 aromatic heterocycles. The van der Waals surface area contributed by atoms with E-state index in [9.17, 15) is 4.57 Å².